The molecule has 0 saturated heterocycles. The van der Waals surface area contributed by atoms with Crippen LogP contribution in [-0.4, -0.2) is 33.8 Å². The lowest BCUT2D eigenvalue weighted by Crippen LogP contribution is -2.26. The van der Waals surface area contributed by atoms with E-state index in [1.165, 1.54) is 0 Å². The van der Waals surface area contributed by atoms with E-state index in [9.17, 15) is 5.11 Å². The van der Waals surface area contributed by atoms with Crippen LogP contribution in [0.4, 0.5) is 11.6 Å². The first-order valence-electron chi connectivity index (χ1n) is 6.16. The van der Waals surface area contributed by atoms with Gasteiger partial charge >= 0.3 is 0 Å². The number of anilines is 2. The van der Waals surface area contributed by atoms with E-state index in [1.54, 1.807) is 0 Å². The van der Waals surface area contributed by atoms with E-state index >= 15 is 0 Å². The zero-order valence-corrected chi connectivity index (χ0v) is 10.5. The SMILES string of the molecule is CCCNc1cc(NC2(CO)CC2)nc(C)n1. The van der Waals surface area contributed by atoms with Crippen LogP contribution in [-0.2, 0) is 0 Å². The Kier molecular flexibility index (Phi) is 3.47. The van der Waals surface area contributed by atoms with Gasteiger partial charge in [0.05, 0.1) is 12.1 Å². The van der Waals surface area contributed by atoms with Crippen LogP contribution in [0.25, 0.3) is 0 Å². The van der Waals surface area contributed by atoms with Crippen molar-refractivity contribution in [2.75, 3.05) is 23.8 Å². The molecule has 3 N–H and O–H groups in total. The van der Waals surface area contributed by atoms with Gasteiger partial charge in [-0.25, -0.2) is 9.97 Å². The van der Waals surface area contributed by atoms with Crippen molar-refractivity contribution in [3.05, 3.63) is 11.9 Å². The summed E-state index contributed by atoms with van der Waals surface area (Å²) in [6.07, 6.45) is 3.07. The minimum atomic E-state index is -0.136. The highest BCUT2D eigenvalue weighted by Crippen LogP contribution is 2.38. The Morgan fingerprint density at radius 1 is 1.35 bits per heavy atom. The standard InChI is InChI=1S/C12H20N4O/c1-3-6-13-10-7-11(15-9(2)14-10)16-12(8-17)4-5-12/h7,17H,3-6,8H2,1-2H3,(H2,13,14,15,16). The second-order valence-corrected chi connectivity index (χ2v) is 4.68. The highest BCUT2D eigenvalue weighted by Gasteiger charge is 2.42. The molecular formula is C12H20N4O. The minimum absolute atomic E-state index is 0.136. The third-order valence-electron chi connectivity index (χ3n) is 2.94. The Morgan fingerprint density at radius 2 is 2.06 bits per heavy atom. The Morgan fingerprint density at radius 3 is 2.65 bits per heavy atom. The van der Waals surface area contributed by atoms with Gasteiger partial charge in [0.1, 0.15) is 17.5 Å². The van der Waals surface area contributed by atoms with Gasteiger partial charge in [-0.3, -0.25) is 0 Å². The highest BCUT2D eigenvalue weighted by molar-refractivity contribution is 5.50. The zero-order valence-electron chi connectivity index (χ0n) is 10.5. The predicted molar refractivity (Wildman–Crippen MR) is 68.2 cm³/mol. The van der Waals surface area contributed by atoms with Crippen molar-refractivity contribution in [3.63, 3.8) is 0 Å². The summed E-state index contributed by atoms with van der Waals surface area (Å²) in [5, 5.41) is 15.8. The van der Waals surface area contributed by atoms with Crippen LogP contribution in [0, 0.1) is 6.92 Å². The number of hydrogen-bond donors (Lipinski definition) is 3. The summed E-state index contributed by atoms with van der Waals surface area (Å²) < 4.78 is 0. The lowest BCUT2D eigenvalue weighted by molar-refractivity contribution is 0.266. The molecule has 0 atom stereocenters. The maximum atomic E-state index is 9.28. The van der Waals surface area contributed by atoms with Gasteiger partial charge < -0.3 is 15.7 Å². The van der Waals surface area contributed by atoms with Gasteiger partial charge in [-0.05, 0) is 26.2 Å². The molecule has 1 aliphatic carbocycles. The largest absolute Gasteiger partial charge is 0.394 e. The van der Waals surface area contributed by atoms with Crippen LogP contribution in [0.5, 0.6) is 0 Å². The molecule has 1 fully saturated rings. The fourth-order valence-electron chi connectivity index (χ4n) is 1.72. The molecule has 0 spiro atoms. The quantitative estimate of drug-likeness (QED) is 0.699. The van der Waals surface area contributed by atoms with Crippen LogP contribution in [0.3, 0.4) is 0 Å². The average molecular weight is 236 g/mol. The normalized spacial score (nSPS) is 16.6. The molecule has 1 aliphatic rings. The van der Waals surface area contributed by atoms with Crippen molar-refractivity contribution in [1.82, 2.24) is 9.97 Å². The molecule has 1 heterocycles. The molecule has 2 rings (SSSR count). The fraction of sp³-hybridized carbons (Fsp3) is 0.667. The molecule has 5 heteroatoms. The van der Waals surface area contributed by atoms with E-state index in [-0.39, 0.29) is 12.1 Å². The van der Waals surface area contributed by atoms with Crippen molar-refractivity contribution in [3.8, 4) is 0 Å². The molecule has 17 heavy (non-hydrogen) atoms. The van der Waals surface area contributed by atoms with Crippen molar-refractivity contribution < 1.29 is 5.11 Å². The lowest BCUT2D eigenvalue weighted by atomic mass is 10.3. The monoisotopic (exact) mass is 236 g/mol. The van der Waals surface area contributed by atoms with E-state index in [2.05, 4.69) is 27.5 Å². The van der Waals surface area contributed by atoms with Gasteiger partial charge in [-0.2, -0.15) is 0 Å². The summed E-state index contributed by atoms with van der Waals surface area (Å²) in [7, 11) is 0. The first-order chi connectivity index (χ1) is 8.17. The number of hydrogen-bond acceptors (Lipinski definition) is 5. The molecule has 94 valence electrons. The third-order valence-corrected chi connectivity index (χ3v) is 2.94. The van der Waals surface area contributed by atoms with E-state index in [0.29, 0.717) is 0 Å². The fourth-order valence-corrected chi connectivity index (χ4v) is 1.72. The van der Waals surface area contributed by atoms with Gasteiger partial charge in [0.25, 0.3) is 0 Å². The summed E-state index contributed by atoms with van der Waals surface area (Å²) in [6.45, 7) is 5.06. The number of nitrogens with one attached hydrogen (secondary N) is 2. The molecule has 5 nitrogen and oxygen atoms in total. The Labute approximate surface area is 102 Å². The van der Waals surface area contributed by atoms with Crippen molar-refractivity contribution >= 4 is 11.6 Å². The third kappa shape index (κ3) is 3.06. The maximum Gasteiger partial charge on any atom is 0.132 e. The summed E-state index contributed by atoms with van der Waals surface area (Å²) in [6, 6.07) is 1.90. The molecule has 0 bridgehead atoms. The zero-order chi connectivity index (χ0) is 12.3. The Bertz CT molecular complexity index is 390. The van der Waals surface area contributed by atoms with Crippen LogP contribution >= 0.6 is 0 Å². The molecule has 0 unspecified atom stereocenters. The van der Waals surface area contributed by atoms with Crippen LogP contribution in [0.1, 0.15) is 32.0 Å². The number of aliphatic hydroxyl groups excluding tert-OH is 1. The summed E-state index contributed by atoms with van der Waals surface area (Å²) in [5.41, 5.74) is -0.136. The molecule has 0 aliphatic heterocycles. The van der Waals surface area contributed by atoms with E-state index in [0.717, 1.165) is 43.3 Å². The molecule has 1 aromatic rings. The number of aromatic nitrogens is 2. The summed E-state index contributed by atoms with van der Waals surface area (Å²) in [4.78, 5) is 8.66. The molecule has 0 radical (unpaired) electrons. The number of rotatable bonds is 6. The smallest absolute Gasteiger partial charge is 0.132 e. The molecule has 1 aromatic heterocycles. The van der Waals surface area contributed by atoms with Crippen LogP contribution < -0.4 is 10.6 Å². The summed E-state index contributed by atoms with van der Waals surface area (Å²) >= 11 is 0. The van der Waals surface area contributed by atoms with Crippen LogP contribution in [0.2, 0.25) is 0 Å². The first-order valence-corrected chi connectivity index (χ1v) is 6.16. The van der Waals surface area contributed by atoms with Gasteiger partial charge in [-0.1, -0.05) is 6.92 Å². The Hall–Kier alpha value is -1.36. The van der Waals surface area contributed by atoms with E-state index in [4.69, 9.17) is 0 Å². The first kappa shape index (κ1) is 12.1. The van der Waals surface area contributed by atoms with Gasteiger partial charge in [0.15, 0.2) is 0 Å². The average Bonchev–Trinajstić information content (AvgIpc) is 3.06. The summed E-state index contributed by atoms with van der Waals surface area (Å²) in [5.74, 6) is 2.38. The van der Waals surface area contributed by atoms with Crippen molar-refractivity contribution in [1.29, 1.82) is 0 Å². The number of nitrogens with zero attached hydrogens (tertiary/aromatic N) is 2. The van der Waals surface area contributed by atoms with Crippen molar-refractivity contribution in [2.24, 2.45) is 0 Å². The highest BCUT2D eigenvalue weighted by atomic mass is 16.3. The van der Waals surface area contributed by atoms with E-state index in [1.807, 2.05) is 13.0 Å². The number of aryl methyl sites for hydroxylation is 1. The van der Waals surface area contributed by atoms with Gasteiger partial charge in [-0.15, -0.1) is 0 Å². The Balaban J connectivity index is 2.08. The van der Waals surface area contributed by atoms with E-state index < -0.39 is 0 Å². The second-order valence-electron chi connectivity index (χ2n) is 4.68. The van der Waals surface area contributed by atoms with Crippen molar-refractivity contribution in [2.45, 2.75) is 38.6 Å². The molecule has 0 amide bonds. The predicted octanol–water partition coefficient (Wildman–Crippen LogP) is 1.54. The van der Waals surface area contributed by atoms with Gasteiger partial charge in [0.2, 0.25) is 0 Å². The number of aliphatic hydroxyl groups is 1. The molecular weight excluding hydrogens is 216 g/mol. The van der Waals surface area contributed by atoms with Gasteiger partial charge in [0, 0.05) is 12.6 Å². The lowest BCUT2D eigenvalue weighted by Gasteiger charge is -2.16. The minimum Gasteiger partial charge on any atom is -0.394 e. The topological polar surface area (TPSA) is 70.1 Å². The molecule has 1 saturated carbocycles. The maximum absolute atomic E-state index is 9.28. The second kappa shape index (κ2) is 4.87. The molecule has 0 aromatic carbocycles. The van der Waals surface area contributed by atoms with Crippen LogP contribution in [0.15, 0.2) is 6.07 Å².